The number of hydrogen-bond donors (Lipinski definition) is 3. The van der Waals surface area contributed by atoms with Gasteiger partial charge in [0, 0.05) is 5.69 Å². The van der Waals surface area contributed by atoms with Gasteiger partial charge in [0.1, 0.15) is 0 Å². The molecule has 0 bridgehead atoms. The Hall–Kier alpha value is -2.48. The Labute approximate surface area is 105 Å². The molecule has 0 unspecified atom stereocenters. The largest absolute Gasteiger partial charge is 0.478 e. The number of nitrogens with one attached hydrogen (secondary N) is 2. The number of aromatic amines is 1. The fraction of sp³-hybridized carbons (Fsp3) is 0. The van der Waals surface area contributed by atoms with E-state index in [-0.39, 0.29) is 16.4 Å². The first-order valence-electron chi connectivity index (χ1n) is 4.65. The van der Waals surface area contributed by atoms with E-state index in [9.17, 15) is 9.59 Å². The lowest BCUT2D eigenvalue weighted by Crippen LogP contribution is -2.14. The van der Waals surface area contributed by atoms with Crippen LogP contribution in [0.2, 0.25) is 5.02 Å². The summed E-state index contributed by atoms with van der Waals surface area (Å²) < 4.78 is 0. The van der Waals surface area contributed by atoms with Crippen LogP contribution < -0.4 is 5.32 Å². The number of halogens is 1. The maximum absolute atomic E-state index is 11.5. The first kappa shape index (κ1) is 12.0. The second kappa shape index (κ2) is 4.80. The smallest absolute Gasteiger partial charge is 0.337 e. The van der Waals surface area contributed by atoms with Gasteiger partial charge in [-0.3, -0.25) is 4.79 Å². The van der Waals surface area contributed by atoms with Crippen LogP contribution in [0.1, 0.15) is 21.0 Å². The fourth-order valence-corrected chi connectivity index (χ4v) is 1.47. The molecule has 0 aliphatic carbocycles. The molecule has 1 aromatic carbocycles. The van der Waals surface area contributed by atoms with Gasteiger partial charge in [0.05, 0.1) is 10.6 Å². The van der Waals surface area contributed by atoms with Gasteiger partial charge in [0.15, 0.2) is 0 Å². The van der Waals surface area contributed by atoms with E-state index in [1.807, 2.05) is 0 Å². The summed E-state index contributed by atoms with van der Waals surface area (Å²) in [6, 6.07) is 4.02. The topological polar surface area (TPSA) is 121 Å². The Bertz CT molecular complexity index is 598. The Balaban J connectivity index is 2.18. The van der Waals surface area contributed by atoms with E-state index in [1.54, 1.807) is 0 Å². The average molecular weight is 268 g/mol. The molecular weight excluding hydrogens is 262 g/mol. The zero-order chi connectivity index (χ0) is 13.1. The number of carboxylic acid groups (broad SMARTS) is 1. The summed E-state index contributed by atoms with van der Waals surface area (Å²) in [6.07, 6.45) is 0. The molecule has 0 aliphatic heterocycles. The number of amides is 1. The zero-order valence-corrected chi connectivity index (χ0v) is 9.47. The SMILES string of the molecule is O=C(Nc1ccc(C(=O)O)c(Cl)c1)c1nn[nH]n1. The Morgan fingerprint density at radius 1 is 1.39 bits per heavy atom. The van der Waals surface area contributed by atoms with Gasteiger partial charge in [-0.15, -0.1) is 10.2 Å². The van der Waals surface area contributed by atoms with Crippen LogP contribution in [0.25, 0.3) is 0 Å². The first-order valence-corrected chi connectivity index (χ1v) is 5.03. The highest BCUT2D eigenvalue weighted by molar-refractivity contribution is 6.33. The number of nitrogens with zero attached hydrogens (tertiary/aromatic N) is 3. The summed E-state index contributed by atoms with van der Waals surface area (Å²) in [4.78, 5) is 22.3. The van der Waals surface area contributed by atoms with E-state index >= 15 is 0 Å². The third kappa shape index (κ3) is 2.43. The van der Waals surface area contributed by atoms with Gasteiger partial charge in [-0.1, -0.05) is 11.6 Å². The number of hydrogen-bond acceptors (Lipinski definition) is 5. The first-order chi connectivity index (χ1) is 8.58. The van der Waals surface area contributed by atoms with E-state index in [1.165, 1.54) is 18.2 Å². The number of rotatable bonds is 3. The number of carbonyl (C=O) groups is 2. The number of H-pyrrole nitrogens is 1. The van der Waals surface area contributed by atoms with Crippen LogP contribution in [0.15, 0.2) is 18.2 Å². The molecular formula is C9H6ClN5O3. The zero-order valence-electron chi connectivity index (χ0n) is 8.72. The van der Waals surface area contributed by atoms with Crippen molar-refractivity contribution >= 4 is 29.2 Å². The molecule has 8 nitrogen and oxygen atoms in total. The summed E-state index contributed by atoms with van der Waals surface area (Å²) in [7, 11) is 0. The molecule has 92 valence electrons. The van der Waals surface area contributed by atoms with Crippen LogP contribution in [-0.4, -0.2) is 37.6 Å². The lowest BCUT2D eigenvalue weighted by molar-refractivity contribution is 0.0697. The molecule has 0 aliphatic rings. The van der Waals surface area contributed by atoms with Crippen molar-refractivity contribution in [3.05, 3.63) is 34.6 Å². The molecule has 2 aromatic rings. The Morgan fingerprint density at radius 3 is 2.72 bits per heavy atom. The highest BCUT2D eigenvalue weighted by Gasteiger charge is 2.13. The lowest BCUT2D eigenvalue weighted by atomic mass is 10.2. The minimum atomic E-state index is -1.14. The molecule has 1 heterocycles. The van der Waals surface area contributed by atoms with E-state index in [0.29, 0.717) is 5.69 Å². The molecule has 18 heavy (non-hydrogen) atoms. The maximum atomic E-state index is 11.5. The molecule has 0 fully saturated rings. The monoisotopic (exact) mass is 267 g/mol. The van der Waals surface area contributed by atoms with Crippen molar-refractivity contribution in [2.75, 3.05) is 5.32 Å². The predicted molar refractivity (Wildman–Crippen MR) is 60.5 cm³/mol. The minimum absolute atomic E-state index is 0.0217. The molecule has 2 rings (SSSR count). The van der Waals surface area contributed by atoms with E-state index in [4.69, 9.17) is 16.7 Å². The lowest BCUT2D eigenvalue weighted by Gasteiger charge is -2.04. The van der Waals surface area contributed by atoms with Crippen LogP contribution in [0.5, 0.6) is 0 Å². The quantitative estimate of drug-likeness (QED) is 0.756. The summed E-state index contributed by atoms with van der Waals surface area (Å²) >= 11 is 5.75. The van der Waals surface area contributed by atoms with Gasteiger partial charge >= 0.3 is 5.97 Å². The normalized spacial score (nSPS) is 10.1. The van der Waals surface area contributed by atoms with Crippen molar-refractivity contribution < 1.29 is 14.7 Å². The molecule has 0 saturated carbocycles. The van der Waals surface area contributed by atoms with Crippen molar-refractivity contribution in [1.29, 1.82) is 0 Å². The number of benzene rings is 1. The predicted octanol–water partition coefficient (Wildman–Crippen LogP) is 0.804. The summed E-state index contributed by atoms with van der Waals surface area (Å²) in [5.74, 6) is -1.85. The van der Waals surface area contributed by atoms with Crippen molar-refractivity contribution in [1.82, 2.24) is 20.6 Å². The third-order valence-corrected chi connectivity index (χ3v) is 2.32. The molecule has 1 amide bonds. The number of aromatic nitrogens is 4. The summed E-state index contributed by atoms with van der Waals surface area (Å²) in [6.45, 7) is 0. The van der Waals surface area contributed by atoms with Gasteiger partial charge in [0.2, 0.25) is 0 Å². The number of aromatic carboxylic acids is 1. The van der Waals surface area contributed by atoms with Gasteiger partial charge < -0.3 is 10.4 Å². The fourth-order valence-electron chi connectivity index (χ4n) is 1.21. The number of tetrazole rings is 1. The highest BCUT2D eigenvalue weighted by Crippen LogP contribution is 2.21. The third-order valence-electron chi connectivity index (χ3n) is 2.01. The van der Waals surface area contributed by atoms with Crippen molar-refractivity contribution in [2.45, 2.75) is 0 Å². The molecule has 1 aromatic heterocycles. The van der Waals surface area contributed by atoms with Crippen LogP contribution in [0, 0.1) is 0 Å². The number of carbonyl (C=O) groups excluding carboxylic acids is 1. The average Bonchev–Trinajstić information content (AvgIpc) is 2.81. The van der Waals surface area contributed by atoms with E-state index in [2.05, 4.69) is 25.9 Å². The molecule has 3 N–H and O–H groups in total. The second-order valence-electron chi connectivity index (χ2n) is 3.19. The number of anilines is 1. The molecule has 0 spiro atoms. The van der Waals surface area contributed by atoms with Crippen LogP contribution in [0.3, 0.4) is 0 Å². The maximum Gasteiger partial charge on any atom is 0.337 e. The van der Waals surface area contributed by atoms with Gasteiger partial charge in [-0.2, -0.15) is 5.21 Å². The van der Waals surface area contributed by atoms with E-state index < -0.39 is 11.9 Å². The second-order valence-corrected chi connectivity index (χ2v) is 3.60. The van der Waals surface area contributed by atoms with Crippen molar-refractivity contribution in [3.8, 4) is 0 Å². The summed E-state index contributed by atoms with van der Waals surface area (Å²) in [5, 5.41) is 23.6. The number of carboxylic acids is 1. The highest BCUT2D eigenvalue weighted by atomic mass is 35.5. The van der Waals surface area contributed by atoms with Crippen molar-refractivity contribution in [3.63, 3.8) is 0 Å². The van der Waals surface area contributed by atoms with Crippen molar-refractivity contribution in [2.24, 2.45) is 0 Å². The van der Waals surface area contributed by atoms with Crippen LogP contribution in [-0.2, 0) is 0 Å². The van der Waals surface area contributed by atoms with Gasteiger partial charge in [0.25, 0.3) is 11.7 Å². The van der Waals surface area contributed by atoms with E-state index in [0.717, 1.165) is 0 Å². The van der Waals surface area contributed by atoms with Gasteiger partial charge in [-0.05, 0) is 23.4 Å². The Kier molecular flexibility index (Phi) is 3.20. The van der Waals surface area contributed by atoms with Crippen LogP contribution in [0.4, 0.5) is 5.69 Å². The molecule has 0 radical (unpaired) electrons. The standard InChI is InChI=1S/C9H6ClN5O3/c10-6-3-4(1-2-5(6)9(17)18)11-8(16)7-12-14-15-13-7/h1-3H,(H,11,16)(H,17,18)(H,12,13,14,15). The summed E-state index contributed by atoms with van der Waals surface area (Å²) in [5.41, 5.74) is 0.286. The molecule has 0 atom stereocenters. The Morgan fingerprint density at radius 2 is 2.17 bits per heavy atom. The molecule has 0 saturated heterocycles. The van der Waals surface area contributed by atoms with Crippen LogP contribution >= 0.6 is 11.6 Å². The van der Waals surface area contributed by atoms with Gasteiger partial charge in [-0.25, -0.2) is 4.79 Å². The molecule has 9 heteroatoms. The minimum Gasteiger partial charge on any atom is -0.478 e.